The van der Waals surface area contributed by atoms with Crippen LogP contribution in [0.1, 0.15) is 10.4 Å². The van der Waals surface area contributed by atoms with Gasteiger partial charge in [-0.05, 0) is 23.3 Å². The maximum absolute atomic E-state index is 13.0. The number of Topliss-reactive ketones (excluding diaryl/α,β-unsaturated/α-hetero) is 1. The molecular formula is C14H8F4O. The van der Waals surface area contributed by atoms with E-state index in [0.29, 0.717) is 11.1 Å². The summed E-state index contributed by atoms with van der Waals surface area (Å²) in [6, 6.07) is 10.5. The lowest BCUT2D eigenvalue weighted by molar-refractivity contribution is -0.0885. The molecule has 0 fully saturated rings. The highest BCUT2D eigenvalue weighted by Crippen LogP contribution is 2.24. The smallest absolute Gasteiger partial charge is 0.284 e. The Balaban J connectivity index is 2.31. The Morgan fingerprint density at radius 3 is 2.05 bits per heavy atom. The standard InChI is InChI=1S/C14H8F4O/c15-12-3-1-2-11(8-12)9-4-6-10(7-5-9)13(19)14(16,17)18/h1-8H. The largest absolute Gasteiger partial charge is 0.454 e. The van der Waals surface area contributed by atoms with Crippen LogP contribution in [0.25, 0.3) is 11.1 Å². The molecule has 2 aromatic rings. The van der Waals surface area contributed by atoms with Crippen molar-refractivity contribution in [3.63, 3.8) is 0 Å². The van der Waals surface area contributed by atoms with E-state index in [1.54, 1.807) is 6.07 Å². The number of rotatable bonds is 2. The molecule has 0 unspecified atom stereocenters. The van der Waals surface area contributed by atoms with Crippen molar-refractivity contribution in [3.05, 3.63) is 59.9 Å². The molecule has 0 bridgehead atoms. The van der Waals surface area contributed by atoms with Crippen LogP contribution in [0.5, 0.6) is 0 Å². The number of benzene rings is 2. The predicted molar refractivity (Wildman–Crippen MR) is 62.2 cm³/mol. The van der Waals surface area contributed by atoms with Gasteiger partial charge in [0, 0.05) is 5.56 Å². The van der Waals surface area contributed by atoms with Gasteiger partial charge in [-0.15, -0.1) is 0 Å². The molecule has 0 saturated heterocycles. The third kappa shape index (κ3) is 2.99. The zero-order valence-corrected chi connectivity index (χ0v) is 9.54. The summed E-state index contributed by atoms with van der Waals surface area (Å²) in [6.45, 7) is 0. The molecule has 0 spiro atoms. The maximum Gasteiger partial charge on any atom is 0.454 e. The van der Waals surface area contributed by atoms with Crippen molar-refractivity contribution in [2.75, 3.05) is 0 Å². The summed E-state index contributed by atoms with van der Waals surface area (Å²) in [7, 11) is 0. The molecule has 19 heavy (non-hydrogen) atoms. The van der Waals surface area contributed by atoms with Crippen molar-refractivity contribution in [1.82, 2.24) is 0 Å². The predicted octanol–water partition coefficient (Wildman–Crippen LogP) is 4.24. The van der Waals surface area contributed by atoms with Crippen LogP contribution in [0.4, 0.5) is 17.6 Å². The average Bonchev–Trinajstić information content (AvgIpc) is 2.37. The molecular weight excluding hydrogens is 260 g/mol. The Hall–Kier alpha value is -2.17. The summed E-state index contributed by atoms with van der Waals surface area (Å²) in [6.07, 6.45) is -4.89. The topological polar surface area (TPSA) is 17.1 Å². The first-order valence-corrected chi connectivity index (χ1v) is 5.35. The monoisotopic (exact) mass is 268 g/mol. The fraction of sp³-hybridized carbons (Fsp3) is 0.0714. The highest BCUT2D eigenvalue weighted by atomic mass is 19.4. The number of halogens is 4. The average molecular weight is 268 g/mol. The van der Waals surface area contributed by atoms with Gasteiger partial charge in [0.1, 0.15) is 5.82 Å². The number of carbonyl (C=O) groups is 1. The molecule has 0 aliphatic heterocycles. The fourth-order valence-electron chi connectivity index (χ4n) is 1.65. The number of hydrogen-bond donors (Lipinski definition) is 0. The van der Waals surface area contributed by atoms with E-state index in [1.165, 1.54) is 30.3 Å². The highest BCUT2D eigenvalue weighted by Gasteiger charge is 2.39. The van der Waals surface area contributed by atoms with Crippen molar-refractivity contribution in [2.24, 2.45) is 0 Å². The van der Waals surface area contributed by atoms with Gasteiger partial charge in [-0.1, -0.05) is 36.4 Å². The normalized spacial score (nSPS) is 11.4. The van der Waals surface area contributed by atoms with E-state index in [2.05, 4.69) is 0 Å². The SMILES string of the molecule is O=C(c1ccc(-c2cccc(F)c2)cc1)C(F)(F)F. The van der Waals surface area contributed by atoms with E-state index in [-0.39, 0.29) is 0 Å². The van der Waals surface area contributed by atoms with Gasteiger partial charge in [0.15, 0.2) is 0 Å². The minimum Gasteiger partial charge on any atom is -0.284 e. The second-order valence-corrected chi connectivity index (χ2v) is 3.91. The lowest BCUT2D eigenvalue weighted by Crippen LogP contribution is -2.22. The van der Waals surface area contributed by atoms with E-state index < -0.39 is 23.3 Å². The third-order valence-electron chi connectivity index (χ3n) is 2.56. The van der Waals surface area contributed by atoms with Gasteiger partial charge in [0.25, 0.3) is 5.78 Å². The molecule has 0 heterocycles. The van der Waals surface area contributed by atoms with Gasteiger partial charge >= 0.3 is 6.18 Å². The van der Waals surface area contributed by atoms with Crippen molar-refractivity contribution in [2.45, 2.75) is 6.18 Å². The van der Waals surface area contributed by atoms with Crippen LogP contribution < -0.4 is 0 Å². The van der Waals surface area contributed by atoms with Crippen molar-refractivity contribution < 1.29 is 22.4 Å². The van der Waals surface area contributed by atoms with Crippen LogP contribution in [0.15, 0.2) is 48.5 Å². The van der Waals surface area contributed by atoms with Crippen LogP contribution in [0, 0.1) is 5.82 Å². The van der Waals surface area contributed by atoms with Crippen LogP contribution in [-0.4, -0.2) is 12.0 Å². The number of alkyl halides is 3. The second kappa shape index (κ2) is 4.84. The summed E-state index contributed by atoms with van der Waals surface area (Å²) in [5.41, 5.74) is 0.636. The van der Waals surface area contributed by atoms with Crippen molar-refractivity contribution >= 4 is 5.78 Å². The summed E-state index contributed by atoms with van der Waals surface area (Å²) in [5.74, 6) is -2.33. The van der Waals surface area contributed by atoms with Gasteiger partial charge in [0.05, 0.1) is 0 Å². The van der Waals surface area contributed by atoms with Gasteiger partial charge in [-0.3, -0.25) is 4.79 Å². The number of ketones is 1. The molecule has 0 aliphatic rings. The molecule has 0 aromatic heterocycles. The molecule has 98 valence electrons. The second-order valence-electron chi connectivity index (χ2n) is 3.91. The van der Waals surface area contributed by atoms with Crippen LogP contribution >= 0.6 is 0 Å². The van der Waals surface area contributed by atoms with E-state index in [0.717, 1.165) is 12.1 Å². The maximum atomic E-state index is 13.0. The molecule has 2 rings (SSSR count). The quantitative estimate of drug-likeness (QED) is 0.588. The minimum absolute atomic E-state index is 0.437. The Morgan fingerprint density at radius 2 is 1.53 bits per heavy atom. The minimum atomic E-state index is -4.89. The van der Waals surface area contributed by atoms with Gasteiger partial charge in [-0.2, -0.15) is 13.2 Å². The number of hydrogen-bond acceptors (Lipinski definition) is 1. The first-order chi connectivity index (χ1) is 8.88. The van der Waals surface area contributed by atoms with Crippen LogP contribution in [0.3, 0.4) is 0 Å². The first kappa shape index (κ1) is 13.3. The fourth-order valence-corrected chi connectivity index (χ4v) is 1.65. The highest BCUT2D eigenvalue weighted by molar-refractivity contribution is 6.00. The summed E-state index contributed by atoms with van der Waals surface area (Å²) in [4.78, 5) is 11.0. The van der Waals surface area contributed by atoms with Crippen molar-refractivity contribution in [3.8, 4) is 11.1 Å². The van der Waals surface area contributed by atoms with E-state index >= 15 is 0 Å². The Kier molecular flexibility index (Phi) is 3.38. The molecule has 0 radical (unpaired) electrons. The molecule has 0 aliphatic carbocycles. The zero-order valence-electron chi connectivity index (χ0n) is 9.54. The third-order valence-corrected chi connectivity index (χ3v) is 2.56. The van der Waals surface area contributed by atoms with E-state index in [9.17, 15) is 22.4 Å². The Labute approximate surface area is 106 Å². The van der Waals surface area contributed by atoms with Gasteiger partial charge < -0.3 is 0 Å². The van der Waals surface area contributed by atoms with Crippen LogP contribution in [0.2, 0.25) is 0 Å². The molecule has 1 nitrogen and oxygen atoms in total. The molecule has 5 heteroatoms. The van der Waals surface area contributed by atoms with Crippen LogP contribution in [-0.2, 0) is 0 Å². The van der Waals surface area contributed by atoms with E-state index in [4.69, 9.17) is 0 Å². The first-order valence-electron chi connectivity index (χ1n) is 5.35. The molecule has 0 amide bonds. The van der Waals surface area contributed by atoms with Gasteiger partial charge in [-0.25, -0.2) is 4.39 Å². The Bertz CT molecular complexity index is 600. The molecule has 2 aromatic carbocycles. The summed E-state index contributed by atoms with van der Waals surface area (Å²) >= 11 is 0. The Morgan fingerprint density at radius 1 is 0.895 bits per heavy atom. The lowest BCUT2D eigenvalue weighted by Gasteiger charge is -2.06. The van der Waals surface area contributed by atoms with E-state index in [1.807, 2.05) is 0 Å². The molecule has 0 N–H and O–H groups in total. The molecule has 0 atom stereocenters. The summed E-state index contributed by atoms with van der Waals surface area (Å²) < 4.78 is 49.7. The van der Waals surface area contributed by atoms with Gasteiger partial charge in [0.2, 0.25) is 0 Å². The summed E-state index contributed by atoms with van der Waals surface area (Å²) in [5, 5.41) is 0. The number of carbonyl (C=O) groups excluding carboxylic acids is 1. The molecule has 0 saturated carbocycles. The van der Waals surface area contributed by atoms with Crippen molar-refractivity contribution in [1.29, 1.82) is 0 Å². The lowest BCUT2D eigenvalue weighted by atomic mass is 10.0. The zero-order chi connectivity index (χ0) is 14.0.